The lowest BCUT2D eigenvalue weighted by Crippen LogP contribution is -2.10. The lowest BCUT2D eigenvalue weighted by molar-refractivity contribution is -0.114. The van der Waals surface area contributed by atoms with Crippen LogP contribution in [0.1, 0.15) is 20.8 Å². The molecule has 1 heterocycles. The zero-order chi connectivity index (χ0) is 19.9. The van der Waals surface area contributed by atoms with Crippen molar-refractivity contribution in [3.05, 3.63) is 60.7 Å². The van der Waals surface area contributed by atoms with Gasteiger partial charge in [0.1, 0.15) is 11.6 Å². The van der Waals surface area contributed by atoms with Gasteiger partial charge in [-0.1, -0.05) is 44.2 Å². The van der Waals surface area contributed by atoms with Crippen LogP contribution in [0.15, 0.2) is 60.7 Å². The number of anilines is 4. The normalized spacial score (nSPS) is 10.6. The molecule has 0 unspecified atom stereocenters. The minimum atomic E-state index is -0.0927. The quantitative estimate of drug-likeness (QED) is 0.547. The predicted molar refractivity (Wildman–Crippen MR) is 115 cm³/mol. The van der Waals surface area contributed by atoms with Gasteiger partial charge in [0, 0.05) is 36.5 Å². The van der Waals surface area contributed by atoms with Crippen molar-refractivity contribution in [2.24, 2.45) is 5.92 Å². The molecule has 6 nitrogen and oxygen atoms in total. The van der Waals surface area contributed by atoms with Crippen molar-refractivity contribution in [2.75, 3.05) is 22.5 Å². The fraction of sp³-hybridized carbons (Fsp3) is 0.227. The second kappa shape index (κ2) is 8.99. The van der Waals surface area contributed by atoms with Crippen LogP contribution in [-0.2, 0) is 4.79 Å². The topological polar surface area (TPSA) is 78.9 Å². The Bertz CT molecular complexity index is 923. The van der Waals surface area contributed by atoms with Crippen LogP contribution in [0.2, 0.25) is 0 Å². The van der Waals surface area contributed by atoms with E-state index in [2.05, 4.69) is 39.8 Å². The van der Waals surface area contributed by atoms with E-state index >= 15 is 0 Å². The summed E-state index contributed by atoms with van der Waals surface area (Å²) < 4.78 is 0. The highest BCUT2D eigenvalue weighted by atomic mass is 16.1. The molecular formula is C22H25N5O. The number of aromatic nitrogens is 2. The van der Waals surface area contributed by atoms with E-state index in [0.29, 0.717) is 17.6 Å². The van der Waals surface area contributed by atoms with E-state index in [1.54, 1.807) is 0 Å². The highest BCUT2D eigenvalue weighted by molar-refractivity contribution is 5.88. The number of hydrogen-bond acceptors (Lipinski definition) is 5. The van der Waals surface area contributed by atoms with Gasteiger partial charge in [0.2, 0.25) is 5.91 Å². The Kier molecular flexibility index (Phi) is 6.22. The Morgan fingerprint density at radius 2 is 1.57 bits per heavy atom. The molecule has 3 N–H and O–H groups in total. The maximum absolute atomic E-state index is 11.2. The molecule has 0 atom stereocenters. The Morgan fingerprint density at radius 1 is 0.929 bits per heavy atom. The zero-order valence-electron chi connectivity index (χ0n) is 16.4. The number of rotatable bonds is 7. The maximum atomic E-state index is 11.2. The fourth-order valence-corrected chi connectivity index (χ4v) is 2.61. The molecule has 0 aliphatic carbocycles. The van der Waals surface area contributed by atoms with Crippen molar-refractivity contribution in [3.8, 4) is 11.4 Å². The van der Waals surface area contributed by atoms with Gasteiger partial charge in [0.25, 0.3) is 0 Å². The molecule has 3 rings (SSSR count). The Balaban J connectivity index is 1.86. The van der Waals surface area contributed by atoms with Crippen LogP contribution >= 0.6 is 0 Å². The lowest BCUT2D eigenvalue weighted by Gasteiger charge is -2.13. The summed E-state index contributed by atoms with van der Waals surface area (Å²) in [5.41, 5.74) is 2.59. The van der Waals surface area contributed by atoms with Gasteiger partial charge >= 0.3 is 0 Å². The van der Waals surface area contributed by atoms with Crippen molar-refractivity contribution in [1.82, 2.24) is 9.97 Å². The van der Waals surface area contributed by atoms with Gasteiger partial charge in [-0.15, -0.1) is 0 Å². The molecule has 0 radical (unpaired) electrons. The molecule has 0 saturated heterocycles. The summed E-state index contributed by atoms with van der Waals surface area (Å²) >= 11 is 0. The maximum Gasteiger partial charge on any atom is 0.221 e. The largest absolute Gasteiger partial charge is 0.370 e. The first-order valence-corrected chi connectivity index (χ1v) is 9.32. The molecule has 0 spiro atoms. The second-order valence-electron chi connectivity index (χ2n) is 6.99. The smallest absolute Gasteiger partial charge is 0.221 e. The number of benzene rings is 2. The van der Waals surface area contributed by atoms with Crippen molar-refractivity contribution >= 4 is 28.9 Å². The highest BCUT2D eigenvalue weighted by Gasteiger charge is 2.08. The molecule has 144 valence electrons. The van der Waals surface area contributed by atoms with E-state index < -0.39 is 0 Å². The van der Waals surface area contributed by atoms with E-state index in [1.807, 2.05) is 60.7 Å². The molecule has 0 saturated carbocycles. The van der Waals surface area contributed by atoms with Gasteiger partial charge in [-0.05, 0) is 30.2 Å². The summed E-state index contributed by atoms with van der Waals surface area (Å²) in [4.78, 5) is 20.5. The standard InChI is InChI=1S/C22H25N5O/c1-15(2)14-23-20-13-21(27-22(26-20)17-7-5-4-6-8-17)25-19-11-9-18(10-12-19)24-16(3)28/h4-13,15H,14H2,1-3H3,(H,24,28)(H2,23,25,26,27). The van der Waals surface area contributed by atoms with Crippen molar-refractivity contribution in [3.63, 3.8) is 0 Å². The van der Waals surface area contributed by atoms with Crippen LogP contribution < -0.4 is 16.0 Å². The number of amides is 1. The van der Waals surface area contributed by atoms with Crippen molar-refractivity contribution < 1.29 is 4.79 Å². The Hall–Kier alpha value is -3.41. The number of nitrogens with zero attached hydrogens (tertiary/aromatic N) is 2. The third-order valence-corrected chi connectivity index (χ3v) is 3.93. The molecular weight excluding hydrogens is 350 g/mol. The monoisotopic (exact) mass is 375 g/mol. The zero-order valence-corrected chi connectivity index (χ0v) is 16.4. The van der Waals surface area contributed by atoms with Gasteiger partial charge in [-0.3, -0.25) is 4.79 Å². The summed E-state index contributed by atoms with van der Waals surface area (Å²) in [6, 6.07) is 19.3. The predicted octanol–water partition coefficient (Wildman–Crippen LogP) is 4.91. The summed E-state index contributed by atoms with van der Waals surface area (Å²) in [5.74, 6) is 2.55. The fourth-order valence-electron chi connectivity index (χ4n) is 2.61. The van der Waals surface area contributed by atoms with Gasteiger partial charge in [-0.25, -0.2) is 9.97 Å². The van der Waals surface area contributed by atoms with E-state index in [-0.39, 0.29) is 5.91 Å². The number of carbonyl (C=O) groups is 1. The van der Waals surface area contributed by atoms with Gasteiger partial charge < -0.3 is 16.0 Å². The first kappa shape index (κ1) is 19.4. The Morgan fingerprint density at radius 3 is 2.21 bits per heavy atom. The van der Waals surface area contributed by atoms with E-state index in [0.717, 1.165) is 29.3 Å². The SMILES string of the molecule is CC(=O)Nc1ccc(Nc2cc(NCC(C)C)nc(-c3ccccc3)n2)cc1. The van der Waals surface area contributed by atoms with Crippen LogP contribution in [0.4, 0.5) is 23.0 Å². The molecule has 1 amide bonds. The third-order valence-electron chi connectivity index (χ3n) is 3.93. The molecule has 28 heavy (non-hydrogen) atoms. The molecule has 6 heteroatoms. The third kappa shape index (κ3) is 5.54. The minimum absolute atomic E-state index is 0.0927. The number of hydrogen-bond donors (Lipinski definition) is 3. The highest BCUT2D eigenvalue weighted by Crippen LogP contribution is 2.23. The van der Waals surface area contributed by atoms with Crippen LogP contribution in [0.25, 0.3) is 11.4 Å². The van der Waals surface area contributed by atoms with Gasteiger partial charge in [0.05, 0.1) is 0 Å². The van der Waals surface area contributed by atoms with Gasteiger partial charge in [-0.2, -0.15) is 0 Å². The lowest BCUT2D eigenvalue weighted by atomic mass is 10.2. The molecule has 0 bridgehead atoms. The summed E-state index contributed by atoms with van der Waals surface area (Å²) in [7, 11) is 0. The summed E-state index contributed by atoms with van der Waals surface area (Å²) in [6.45, 7) is 6.63. The summed E-state index contributed by atoms with van der Waals surface area (Å²) in [5, 5.41) is 9.45. The van der Waals surface area contributed by atoms with Gasteiger partial charge in [0.15, 0.2) is 5.82 Å². The van der Waals surface area contributed by atoms with Crippen molar-refractivity contribution in [2.45, 2.75) is 20.8 Å². The summed E-state index contributed by atoms with van der Waals surface area (Å²) in [6.07, 6.45) is 0. The number of carbonyl (C=O) groups excluding carboxylic acids is 1. The molecule has 3 aromatic rings. The van der Waals surface area contributed by atoms with Crippen molar-refractivity contribution in [1.29, 1.82) is 0 Å². The molecule has 0 aliphatic rings. The van der Waals surface area contributed by atoms with E-state index in [1.165, 1.54) is 6.92 Å². The first-order valence-electron chi connectivity index (χ1n) is 9.32. The van der Waals surface area contributed by atoms with Crippen LogP contribution in [-0.4, -0.2) is 22.4 Å². The van der Waals surface area contributed by atoms with Crippen LogP contribution in [0, 0.1) is 5.92 Å². The van der Waals surface area contributed by atoms with Crippen LogP contribution in [0.3, 0.4) is 0 Å². The molecule has 2 aromatic carbocycles. The average Bonchev–Trinajstić information content (AvgIpc) is 2.68. The average molecular weight is 375 g/mol. The molecule has 0 fully saturated rings. The Labute approximate surface area is 165 Å². The van der Waals surface area contributed by atoms with Crippen LogP contribution in [0.5, 0.6) is 0 Å². The van der Waals surface area contributed by atoms with E-state index in [9.17, 15) is 4.79 Å². The minimum Gasteiger partial charge on any atom is -0.370 e. The molecule has 1 aromatic heterocycles. The number of nitrogens with one attached hydrogen (secondary N) is 3. The van der Waals surface area contributed by atoms with E-state index in [4.69, 9.17) is 0 Å². The molecule has 0 aliphatic heterocycles. The second-order valence-corrected chi connectivity index (χ2v) is 6.99. The first-order chi connectivity index (χ1) is 13.5.